The predicted octanol–water partition coefficient (Wildman–Crippen LogP) is 2.85. The first-order valence-corrected chi connectivity index (χ1v) is 9.56. The van der Waals surface area contributed by atoms with Crippen LogP contribution in [0.1, 0.15) is 5.56 Å². The van der Waals surface area contributed by atoms with Gasteiger partial charge >= 0.3 is 0 Å². The third-order valence-electron chi connectivity index (χ3n) is 5.10. The van der Waals surface area contributed by atoms with E-state index in [-0.39, 0.29) is 6.79 Å². The molecule has 3 heterocycles. The van der Waals surface area contributed by atoms with Crippen LogP contribution in [-0.2, 0) is 11.3 Å². The number of fused-ring (bicyclic) bond motifs is 2. The number of benzene rings is 2. The van der Waals surface area contributed by atoms with Crippen molar-refractivity contribution in [2.24, 2.45) is 4.99 Å². The Kier molecular flexibility index (Phi) is 4.68. The lowest BCUT2D eigenvalue weighted by Gasteiger charge is -2.26. The largest absolute Gasteiger partial charge is 0.454 e. The van der Waals surface area contributed by atoms with E-state index in [4.69, 9.17) is 24.2 Å². The summed E-state index contributed by atoms with van der Waals surface area (Å²) in [5, 5.41) is 0. The van der Waals surface area contributed by atoms with Crippen molar-refractivity contribution in [2.75, 3.05) is 39.6 Å². The van der Waals surface area contributed by atoms with Crippen molar-refractivity contribution in [3.05, 3.63) is 48.0 Å². The molecule has 2 aliphatic heterocycles. The van der Waals surface area contributed by atoms with Gasteiger partial charge in [0.2, 0.25) is 12.7 Å². The van der Waals surface area contributed by atoms with Gasteiger partial charge in [-0.1, -0.05) is 12.1 Å². The standard InChI is InChI=1S/C21H22N4O3/c1-2-4-18-17(3-1)23-21(25(18)8-7-24-9-11-26-12-10-24)22-14-16-5-6-19-20(13-16)28-15-27-19/h1-6,13-14H,7-12,15H2/b22-14+. The summed E-state index contributed by atoms with van der Waals surface area (Å²) in [5.41, 5.74) is 3.02. The van der Waals surface area contributed by atoms with Gasteiger partial charge in [-0.05, 0) is 35.9 Å². The van der Waals surface area contributed by atoms with Crippen molar-refractivity contribution >= 4 is 23.2 Å². The van der Waals surface area contributed by atoms with E-state index in [0.29, 0.717) is 5.95 Å². The zero-order chi connectivity index (χ0) is 18.8. The Morgan fingerprint density at radius 2 is 1.86 bits per heavy atom. The molecular formula is C21H22N4O3. The van der Waals surface area contributed by atoms with Gasteiger partial charge < -0.3 is 18.8 Å². The summed E-state index contributed by atoms with van der Waals surface area (Å²) >= 11 is 0. The molecule has 7 heteroatoms. The molecule has 1 fully saturated rings. The van der Waals surface area contributed by atoms with Crippen LogP contribution < -0.4 is 9.47 Å². The summed E-state index contributed by atoms with van der Waals surface area (Å²) in [4.78, 5) is 11.8. The van der Waals surface area contributed by atoms with E-state index in [2.05, 4.69) is 15.5 Å². The lowest BCUT2D eigenvalue weighted by atomic mass is 10.2. The molecule has 0 amide bonds. The number of imidazole rings is 1. The molecule has 144 valence electrons. The van der Waals surface area contributed by atoms with Gasteiger partial charge in [-0.15, -0.1) is 0 Å². The van der Waals surface area contributed by atoms with Crippen LogP contribution >= 0.6 is 0 Å². The van der Waals surface area contributed by atoms with E-state index in [1.54, 1.807) is 0 Å². The molecule has 0 bridgehead atoms. The normalized spacial score (nSPS) is 17.0. The van der Waals surface area contributed by atoms with E-state index in [1.807, 2.05) is 42.6 Å². The molecule has 5 rings (SSSR count). The summed E-state index contributed by atoms with van der Waals surface area (Å²) in [6.45, 7) is 5.63. The smallest absolute Gasteiger partial charge is 0.231 e. The highest BCUT2D eigenvalue weighted by Gasteiger charge is 2.15. The summed E-state index contributed by atoms with van der Waals surface area (Å²) in [5.74, 6) is 2.24. The lowest BCUT2D eigenvalue weighted by Crippen LogP contribution is -2.38. The fourth-order valence-electron chi connectivity index (χ4n) is 3.57. The van der Waals surface area contributed by atoms with Crippen molar-refractivity contribution in [1.82, 2.24) is 14.5 Å². The van der Waals surface area contributed by atoms with Crippen LogP contribution in [0.4, 0.5) is 5.95 Å². The molecule has 0 spiro atoms. The third kappa shape index (κ3) is 3.46. The van der Waals surface area contributed by atoms with Crippen molar-refractivity contribution in [3.8, 4) is 11.5 Å². The van der Waals surface area contributed by atoms with Gasteiger partial charge in [-0.3, -0.25) is 4.90 Å². The molecule has 0 N–H and O–H groups in total. The maximum Gasteiger partial charge on any atom is 0.231 e. The summed E-state index contributed by atoms with van der Waals surface area (Å²) < 4.78 is 18.5. The van der Waals surface area contributed by atoms with E-state index in [0.717, 1.165) is 67.5 Å². The minimum atomic E-state index is 0.271. The van der Waals surface area contributed by atoms with Gasteiger partial charge in [0, 0.05) is 32.4 Å². The summed E-state index contributed by atoms with van der Waals surface area (Å²) in [7, 11) is 0. The average Bonchev–Trinajstić information content (AvgIpc) is 3.35. The number of aromatic nitrogens is 2. The van der Waals surface area contributed by atoms with Crippen LogP contribution in [0.2, 0.25) is 0 Å². The first-order valence-electron chi connectivity index (χ1n) is 9.56. The lowest BCUT2D eigenvalue weighted by molar-refractivity contribution is 0.0366. The zero-order valence-corrected chi connectivity index (χ0v) is 15.6. The van der Waals surface area contributed by atoms with Crippen LogP contribution in [0.15, 0.2) is 47.5 Å². The van der Waals surface area contributed by atoms with E-state index in [9.17, 15) is 0 Å². The van der Waals surface area contributed by atoms with Crippen LogP contribution in [0.3, 0.4) is 0 Å². The van der Waals surface area contributed by atoms with E-state index in [1.165, 1.54) is 0 Å². The first-order chi connectivity index (χ1) is 13.9. The Morgan fingerprint density at radius 3 is 2.79 bits per heavy atom. The van der Waals surface area contributed by atoms with E-state index >= 15 is 0 Å². The molecule has 0 atom stereocenters. The van der Waals surface area contributed by atoms with E-state index < -0.39 is 0 Å². The molecule has 7 nitrogen and oxygen atoms in total. The van der Waals surface area contributed by atoms with Gasteiger partial charge in [0.25, 0.3) is 0 Å². The molecule has 0 unspecified atom stereocenters. The SMILES string of the molecule is C(=N\c1nc2ccccc2n1CCN1CCOCC1)/c1ccc2c(c1)OCO2. The van der Waals surface area contributed by atoms with Crippen LogP contribution in [-0.4, -0.2) is 60.3 Å². The fourth-order valence-corrected chi connectivity index (χ4v) is 3.57. The highest BCUT2D eigenvalue weighted by molar-refractivity contribution is 5.84. The second-order valence-electron chi connectivity index (χ2n) is 6.88. The number of ether oxygens (including phenoxy) is 3. The molecule has 1 aromatic heterocycles. The van der Waals surface area contributed by atoms with Gasteiger partial charge in [-0.2, -0.15) is 0 Å². The van der Waals surface area contributed by atoms with Crippen molar-refractivity contribution in [3.63, 3.8) is 0 Å². The molecule has 28 heavy (non-hydrogen) atoms. The molecule has 0 radical (unpaired) electrons. The topological polar surface area (TPSA) is 61.1 Å². The quantitative estimate of drug-likeness (QED) is 0.639. The Balaban J connectivity index is 1.41. The minimum absolute atomic E-state index is 0.271. The van der Waals surface area contributed by atoms with Crippen LogP contribution in [0, 0.1) is 0 Å². The number of nitrogens with zero attached hydrogens (tertiary/aromatic N) is 4. The molecular weight excluding hydrogens is 356 g/mol. The van der Waals surface area contributed by atoms with Gasteiger partial charge in [0.05, 0.1) is 24.2 Å². The molecule has 0 saturated carbocycles. The molecule has 2 aliphatic rings. The number of hydrogen-bond donors (Lipinski definition) is 0. The Bertz CT molecular complexity index is 1010. The van der Waals surface area contributed by atoms with Gasteiger partial charge in [0.15, 0.2) is 11.5 Å². The molecule has 2 aromatic carbocycles. The minimum Gasteiger partial charge on any atom is -0.454 e. The Hall–Kier alpha value is -2.90. The number of hydrogen-bond acceptors (Lipinski definition) is 6. The number of morpholine rings is 1. The first kappa shape index (κ1) is 17.2. The maximum absolute atomic E-state index is 5.45. The van der Waals surface area contributed by atoms with Gasteiger partial charge in [-0.25, -0.2) is 9.98 Å². The van der Waals surface area contributed by atoms with Crippen molar-refractivity contribution in [1.29, 1.82) is 0 Å². The van der Waals surface area contributed by atoms with Crippen LogP contribution in [0.5, 0.6) is 11.5 Å². The van der Waals surface area contributed by atoms with Gasteiger partial charge in [0.1, 0.15) is 0 Å². The third-order valence-corrected chi connectivity index (χ3v) is 5.10. The number of aliphatic imine (C=N–C) groups is 1. The van der Waals surface area contributed by atoms with Crippen LogP contribution in [0.25, 0.3) is 11.0 Å². The number of para-hydroxylation sites is 2. The predicted molar refractivity (Wildman–Crippen MR) is 107 cm³/mol. The fraction of sp³-hybridized carbons (Fsp3) is 0.333. The maximum atomic E-state index is 5.45. The second kappa shape index (κ2) is 7.61. The summed E-state index contributed by atoms with van der Waals surface area (Å²) in [6, 6.07) is 14.0. The van der Waals surface area contributed by atoms with Crippen molar-refractivity contribution < 1.29 is 14.2 Å². The average molecular weight is 378 g/mol. The monoisotopic (exact) mass is 378 g/mol. The van der Waals surface area contributed by atoms with Crippen molar-refractivity contribution in [2.45, 2.75) is 6.54 Å². The Labute approximate surface area is 163 Å². The Morgan fingerprint density at radius 1 is 1.00 bits per heavy atom. The summed E-state index contributed by atoms with van der Waals surface area (Å²) in [6.07, 6.45) is 1.83. The molecule has 3 aromatic rings. The number of rotatable bonds is 5. The highest BCUT2D eigenvalue weighted by atomic mass is 16.7. The second-order valence-corrected chi connectivity index (χ2v) is 6.88. The molecule has 0 aliphatic carbocycles. The zero-order valence-electron chi connectivity index (χ0n) is 15.6. The molecule has 1 saturated heterocycles. The highest BCUT2D eigenvalue weighted by Crippen LogP contribution is 2.32.